The van der Waals surface area contributed by atoms with E-state index in [1.165, 1.54) is 0 Å². The van der Waals surface area contributed by atoms with Crippen molar-refractivity contribution in [1.29, 1.82) is 0 Å². The highest BCUT2D eigenvalue weighted by atomic mass is 15.1. The summed E-state index contributed by atoms with van der Waals surface area (Å²) in [6.45, 7) is 4.30. The lowest BCUT2D eigenvalue weighted by Crippen LogP contribution is -2.16. The molecule has 0 spiro atoms. The lowest BCUT2D eigenvalue weighted by molar-refractivity contribution is 1.03. The van der Waals surface area contributed by atoms with Gasteiger partial charge in [-0.1, -0.05) is 128 Å². The molecule has 3 heterocycles. The maximum atomic E-state index is 6.41. The number of aliphatic imine (C=N–C) groups is 2. The van der Waals surface area contributed by atoms with E-state index in [0.717, 1.165) is 79.5 Å². The van der Waals surface area contributed by atoms with Gasteiger partial charge in [-0.25, -0.2) is 20.0 Å². The Morgan fingerprint density at radius 1 is 0.688 bits per heavy atom. The lowest BCUT2D eigenvalue weighted by atomic mass is 9.98. The van der Waals surface area contributed by atoms with Crippen molar-refractivity contribution in [1.82, 2.24) is 14.4 Å². The molecule has 0 radical (unpaired) electrons. The van der Waals surface area contributed by atoms with E-state index in [1.54, 1.807) is 0 Å². The lowest BCUT2D eigenvalue weighted by Gasteiger charge is -2.11. The van der Waals surface area contributed by atoms with Gasteiger partial charge in [-0.15, -0.1) is 0 Å². The number of hydrogen-bond donors (Lipinski definition) is 1. The molecule has 1 aliphatic carbocycles. The SMILES string of the molecule is C=C(/N=C(\N=C(/N)c1ccccc1)C1=CCCC=C1)c1ccc(-c2cccc(-c3nc4c(nc5ccccn54)c4ccccc34)c2)cc1. The molecule has 6 nitrogen and oxygen atoms in total. The van der Waals surface area contributed by atoms with Gasteiger partial charge in [0.1, 0.15) is 17.0 Å². The zero-order valence-corrected chi connectivity index (χ0v) is 26.3. The number of fused-ring (bicyclic) bond motifs is 5. The summed E-state index contributed by atoms with van der Waals surface area (Å²) in [7, 11) is 0. The zero-order chi connectivity index (χ0) is 32.5. The number of nitrogens with two attached hydrogens (primary N) is 1. The highest BCUT2D eigenvalue weighted by molar-refractivity contribution is 6.13. The Bertz CT molecular complexity index is 2460. The van der Waals surface area contributed by atoms with Crippen LogP contribution in [-0.4, -0.2) is 26.0 Å². The van der Waals surface area contributed by atoms with Crippen LogP contribution in [0, 0.1) is 0 Å². The zero-order valence-electron chi connectivity index (χ0n) is 26.3. The highest BCUT2D eigenvalue weighted by Gasteiger charge is 2.16. The van der Waals surface area contributed by atoms with Crippen molar-refractivity contribution in [3.05, 3.63) is 169 Å². The summed E-state index contributed by atoms with van der Waals surface area (Å²) in [5, 5.41) is 2.16. The molecule has 0 saturated carbocycles. The van der Waals surface area contributed by atoms with Crippen molar-refractivity contribution in [3.8, 4) is 22.4 Å². The first-order valence-corrected chi connectivity index (χ1v) is 16.0. The minimum absolute atomic E-state index is 0.417. The van der Waals surface area contributed by atoms with Gasteiger partial charge < -0.3 is 5.73 Å². The molecule has 0 aliphatic heterocycles. The third kappa shape index (κ3) is 5.50. The summed E-state index contributed by atoms with van der Waals surface area (Å²) in [4.78, 5) is 19.7. The largest absolute Gasteiger partial charge is 0.383 e. The third-order valence-electron chi connectivity index (χ3n) is 8.64. The van der Waals surface area contributed by atoms with Crippen molar-refractivity contribution in [2.75, 3.05) is 0 Å². The standard InChI is InChI=1S/C42H32N6/c1-28(44-41(32-15-6-3-7-16-32)47-40(43)31-13-4-2-5-14-31)29-22-24-30(25-23-29)33-17-12-18-34(27-33)38-35-19-8-9-20-36(35)39-42(46-38)48-26-11-10-21-37(48)45-39/h2,4-6,8-27H,1,3,7H2,(H2,43,44,47). The average Bonchev–Trinajstić information content (AvgIpc) is 3.54. The number of nitrogens with zero attached hydrogens (tertiary/aromatic N) is 5. The second-order valence-corrected chi connectivity index (χ2v) is 11.8. The number of rotatable bonds is 6. The van der Waals surface area contributed by atoms with Gasteiger partial charge in [0.2, 0.25) is 0 Å². The van der Waals surface area contributed by atoms with Crippen molar-refractivity contribution in [2.24, 2.45) is 15.7 Å². The van der Waals surface area contributed by atoms with Crippen LogP contribution in [0.4, 0.5) is 0 Å². The molecule has 0 amide bonds. The molecule has 230 valence electrons. The molecule has 6 heteroatoms. The summed E-state index contributed by atoms with van der Waals surface area (Å²) in [6.07, 6.45) is 10.3. The fourth-order valence-electron chi connectivity index (χ4n) is 6.17. The topological polar surface area (TPSA) is 80.9 Å². The Hall–Kier alpha value is -6.40. The number of benzene rings is 4. The van der Waals surface area contributed by atoms with E-state index in [9.17, 15) is 0 Å². The Labute approximate surface area is 278 Å². The predicted octanol–water partition coefficient (Wildman–Crippen LogP) is 9.42. The van der Waals surface area contributed by atoms with Crippen LogP contribution in [0.3, 0.4) is 0 Å². The van der Waals surface area contributed by atoms with Crippen LogP contribution in [-0.2, 0) is 0 Å². The number of amidine groups is 2. The fraction of sp³-hybridized carbons (Fsp3) is 0.0476. The molecule has 2 N–H and O–H groups in total. The normalized spacial score (nSPS) is 13.7. The van der Waals surface area contributed by atoms with Crippen LogP contribution >= 0.6 is 0 Å². The molecular weight excluding hydrogens is 589 g/mol. The second-order valence-electron chi connectivity index (χ2n) is 11.8. The summed E-state index contributed by atoms with van der Waals surface area (Å²) in [5.41, 5.74) is 16.5. The average molecular weight is 621 g/mol. The third-order valence-corrected chi connectivity index (χ3v) is 8.64. The molecule has 48 heavy (non-hydrogen) atoms. The molecule has 0 saturated heterocycles. The number of imidazole rings is 1. The van der Waals surface area contributed by atoms with E-state index >= 15 is 0 Å². The minimum Gasteiger partial charge on any atom is -0.383 e. The Morgan fingerprint density at radius 3 is 2.27 bits per heavy atom. The monoisotopic (exact) mass is 620 g/mol. The number of pyridine rings is 2. The molecule has 4 aromatic carbocycles. The van der Waals surface area contributed by atoms with E-state index in [0.29, 0.717) is 17.4 Å². The summed E-state index contributed by atoms with van der Waals surface area (Å²) >= 11 is 0. The first-order chi connectivity index (χ1) is 23.6. The smallest absolute Gasteiger partial charge is 0.165 e. The van der Waals surface area contributed by atoms with Gasteiger partial charge in [0.25, 0.3) is 0 Å². The number of hydrogen-bond acceptors (Lipinski definition) is 3. The molecule has 0 unspecified atom stereocenters. The van der Waals surface area contributed by atoms with Crippen LogP contribution in [0.25, 0.3) is 55.7 Å². The summed E-state index contributed by atoms with van der Waals surface area (Å²) in [5.74, 6) is 0.969. The van der Waals surface area contributed by atoms with E-state index < -0.39 is 0 Å². The van der Waals surface area contributed by atoms with Crippen molar-refractivity contribution in [3.63, 3.8) is 0 Å². The Kier molecular flexibility index (Phi) is 7.51. The van der Waals surface area contributed by atoms with Crippen LogP contribution < -0.4 is 5.73 Å². The van der Waals surface area contributed by atoms with E-state index in [2.05, 4.69) is 102 Å². The van der Waals surface area contributed by atoms with Gasteiger partial charge in [0.15, 0.2) is 11.5 Å². The summed E-state index contributed by atoms with van der Waals surface area (Å²) in [6, 6.07) is 41.0. The van der Waals surface area contributed by atoms with Crippen molar-refractivity contribution in [2.45, 2.75) is 12.8 Å². The molecule has 0 bridgehead atoms. The molecular formula is C42H32N6. The van der Waals surface area contributed by atoms with Gasteiger partial charge in [-0.05, 0) is 47.7 Å². The second kappa shape index (κ2) is 12.4. The maximum Gasteiger partial charge on any atom is 0.165 e. The quantitative estimate of drug-likeness (QED) is 0.149. The Morgan fingerprint density at radius 2 is 1.46 bits per heavy atom. The van der Waals surface area contributed by atoms with Crippen molar-refractivity contribution < 1.29 is 0 Å². The summed E-state index contributed by atoms with van der Waals surface area (Å²) < 4.78 is 2.05. The molecule has 7 aromatic rings. The van der Waals surface area contributed by atoms with Crippen LogP contribution in [0.2, 0.25) is 0 Å². The van der Waals surface area contributed by atoms with E-state index in [-0.39, 0.29) is 0 Å². The van der Waals surface area contributed by atoms with Crippen LogP contribution in [0.1, 0.15) is 24.0 Å². The van der Waals surface area contributed by atoms with Gasteiger partial charge in [-0.2, -0.15) is 0 Å². The molecule has 0 atom stereocenters. The first-order valence-electron chi connectivity index (χ1n) is 16.0. The minimum atomic E-state index is 0.417. The maximum absolute atomic E-state index is 6.41. The van der Waals surface area contributed by atoms with Gasteiger partial charge in [-0.3, -0.25) is 4.40 Å². The van der Waals surface area contributed by atoms with Gasteiger partial charge in [0.05, 0.1) is 11.4 Å². The van der Waals surface area contributed by atoms with Gasteiger partial charge in [0, 0.05) is 33.7 Å². The van der Waals surface area contributed by atoms with Crippen LogP contribution in [0.5, 0.6) is 0 Å². The Balaban J connectivity index is 1.13. The van der Waals surface area contributed by atoms with E-state index in [1.807, 2.05) is 54.7 Å². The highest BCUT2D eigenvalue weighted by Crippen LogP contribution is 2.34. The molecule has 0 fully saturated rings. The molecule has 1 aliphatic rings. The predicted molar refractivity (Wildman–Crippen MR) is 199 cm³/mol. The fourth-order valence-corrected chi connectivity index (χ4v) is 6.17. The van der Waals surface area contributed by atoms with Crippen LogP contribution in [0.15, 0.2) is 168 Å². The first kappa shape index (κ1) is 29.0. The molecule has 3 aromatic heterocycles. The number of aromatic nitrogens is 3. The number of allylic oxidation sites excluding steroid dienone is 2. The van der Waals surface area contributed by atoms with Crippen molar-refractivity contribution >= 4 is 45.0 Å². The van der Waals surface area contributed by atoms with E-state index in [4.69, 9.17) is 25.7 Å². The molecule has 8 rings (SSSR count). The van der Waals surface area contributed by atoms with Gasteiger partial charge >= 0.3 is 0 Å².